The van der Waals surface area contributed by atoms with Crippen LogP contribution in [0.1, 0.15) is 86.5 Å². The number of azide groups is 1. The van der Waals surface area contributed by atoms with Crippen molar-refractivity contribution in [1.29, 1.82) is 0 Å². The zero-order valence-electron chi connectivity index (χ0n) is 27.9. The number of carbonyl (C=O) groups is 3. The van der Waals surface area contributed by atoms with Gasteiger partial charge in [0.15, 0.2) is 0 Å². The number of hydrogen-bond donors (Lipinski definition) is 0. The van der Waals surface area contributed by atoms with E-state index in [1.807, 2.05) is 18.2 Å². The van der Waals surface area contributed by atoms with E-state index < -0.39 is 60.1 Å². The first-order chi connectivity index (χ1) is 20.9. The zero-order valence-corrected chi connectivity index (χ0v) is 30.7. The summed E-state index contributed by atoms with van der Waals surface area (Å²) in [6, 6.07) is 4.46. The summed E-state index contributed by atoms with van der Waals surface area (Å²) in [5.41, 5.74) is 9.36. The molecule has 1 aliphatic rings. The molecule has 2 rings (SSSR count). The maximum absolute atomic E-state index is 13.4. The van der Waals surface area contributed by atoms with Gasteiger partial charge in [0.2, 0.25) is 0 Å². The monoisotopic (exact) mass is 724 g/mol. The molecule has 11 nitrogen and oxygen atoms in total. The van der Waals surface area contributed by atoms with Gasteiger partial charge in [0.1, 0.15) is 0 Å². The summed E-state index contributed by atoms with van der Waals surface area (Å²) < 4.78 is 26.9. The van der Waals surface area contributed by atoms with E-state index in [1.165, 1.54) is 19.1 Å². The van der Waals surface area contributed by atoms with Crippen molar-refractivity contribution >= 4 is 45.7 Å². The van der Waals surface area contributed by atoms with Crippen LogP contribution in [-0.4, -0.2) is 79.8 Å². The number of unbranched alkanes of at least 4 members (excludes halogenated alkanes) is 3. The number of carbonyl (C=O) groups excluding carboxylic acids is 3. The van der Waals surface area contributed by atoms with Crippen molar-refractivity contribution in [2.24, 2.45) is 11.0 Å². The summed E-state index contributed by atoms with van der Waals surface area (Å²) in [6.07, 6.45) is 4.82. The van der Waals surface area contributed by atoms with E-state index in [1.54, 1.807) is 20.8 Å². The first-order valence-electron chi connectivity index (χ1n) is 15.9. The Bertz CT molecular complexity index is 1140. The van der Waals surface area contributed by atoms with Crippen LogP contribution in [0, 0.1) is 5.92 Å². The quantitative estimate of drug-likeness (QED) is 0.0432. The van der Waals surface area contributed by atoms with Crippen LogP contribution in [0.25, 0.3) is 10.4 Å². The number of amides is 1. The molecule has 0 aromatic heterocycles. The van der Waals surface area contributed by atoms with Crippen LogP contribution >= 0.6 is 0 Å². The molecule has 1 amide bonds. The number of benzene rings is 1. The molecule has 1 aliphatic heterocycles. The van der Waals surface area contributed by atoms with Crippen molar-refractivity contribution in [3.8, 4) is 5.75 Å². The van der Waals surface area contributed by atoms with E-state index >= 15 is 0 Å². The molecule has 1 saturated heterocycles. The molecule has 0 saturated carbocycles. The molecule has 0 spiro atoms. The summed E-state index contributed by atoms with van der Waals surface area (Å²) in [7, 11) is 2.53. The van der Waals surface area contributed by atoms with Crippen molar-refractivity contribution < 1.29 is 33.3 Å². The molecule has 1 heterocycles. The van der Waals surface area contributed by atoms with Crippen LogP contribution in [0.15, 0.2) is 23.3 Å². The molecule has 0 N–H and O–H groups in total. The van der Waals surface area contributed by atoms with E-state index in [4.69, 9.17) is 18.9 Å². The second-order valence-corrected chi connectivity index (χ2v) is 25.6. The van der Waals surface area contributed by atoms with Crippen LogP contribution < -0.4 is 8.32 Å². The van der Waals surface area contributed by atoms with Crippen molar-refractivity contribution in [3.63, 3.8) is 0 Å². The average molecular weight is 724 g/mol. The Kier molecular flexibility index (Phi) is 15.1. The van der Waals surface area contributed by atoms with Gasteiger partial charge in [0.25, 0.3) is 0 Å². The molecule has 0 unspecified atom stereocenters. The Morgan fingerprint density at radius 3 is 2.07 bits per heavy atom. The van der Waals surface area contributed by atoms with Crippen LogP contribution in [-0.2, 0) is 23.8 Å². The van der Waals surface area contributed by atoms with Gasteiger partial charge in [-0.3, -0.25) is 0 Å². The number of nitrogens with zero attached hydrogens (tertiary/aromatic N) is 4. The van der Waals surface area contributed by atoms with Gasteiger partial charge in [-0.25, -0.2) is 0 Å². The Morgan fingerprint density at radius 1 is 1.00 bits per heavy atom. The standard InChI is InChI=1S/C20H25N4O7.3C4H9.Sn/c1-20(2,3)31-19(27)24-11-15(30-13-8-6-7-12(9-13)22-23-21)14(10-16(25)28-4)17(24)18(26)29-5;3*1-3-4-2;/h6-8,14-15,17H,10-11H2,1-5H3;3*1,3-4H2,2H3;/t14-,15-,17-;;;;/m0..../s1. The molecule has 0 aliphatic carbocycles. The second-order valence-electron chi connectivity index (χ2n) is 12.6. The Labute approximate surface area is 266 Å². The molecule has 0 bridgehead atoms. The van der Waals surface area contributed by atoms with Crippen LogP contribution in [0.3, 0.4) is 0 Å². The van der Waals surface area contributed by atoms with E-state index in [0.717, 1.165) is 55.4 Å². The fourth-order valence-electron chi connectivity index (χ4n) is 6.19. The van der Waals surface area contributed by atoms with E-state index in [9.17, 15) is 19.9 Å². The fourth-order valence-corrected chi connectivity index (χ4v) is 23.1. The molecule has 12 heteroatoms. The Morgan fingerprint density at radius 2 is 1.59 bits per heavy atom. The van der Waals surface area contributed by atoms with E-state index in [2.05, 4.69) is 30.8 Å². The maximum atomic E-state index is 13.4. The third-order valence-corrected chi connectivity index (χ3v) is 24.0. The molecule has 1 fully saturated rings. The van der Waals surface area contributed by atoms with Crippen LogP contribution in [0.5, 0.6) is 5.75 Å². The van der Waals surface area contributed by atoms with Crippen molar-refractivity contribution in [3.05, 3.63) is 28.6 Å². The normalized spacial score (nSPS) is 18.4. The minimum atomic E-state index is -3.30. The molecule has 0 radical (unpaired) electrons. The molecule has 1 aromatic rings. The number of methoxy groups -OCH3 is 2. The SMILES string of the molecule is CCC[CH2][Sn]([CH2]CCC)([CH2]CCC)[c]1c(N=[N+]=[N-])cccc1O[C@H]1CN(C(=O)OC(C)(C)C)[C@H](C(=O)OC)[C@H]1CC(=O)OC. The van der Waals surface area contributed by atoms with Gasteiger partial charge < -0.3 is 0 Å². The first kappa shape index (κ1) is 37.5. The Hall–Kier alpha value is -2.66. The van der Waals surface area contributed by atoms with Gasteiger partial charge in [-0.1, -0.05) is 0 Å². The van der Waals surface area contributed by atoms with Crippen molar-refractivity contribution in [1.82, 2.24) is 4.90 Å². The van der Waals surface area contributed by atoms with Gasteiger partial charge in [0.05, 0.1) is 0 Å². The van der Waals surface area contributed by atoms with Crippen LogP contribution in [0.2, 0.25) is 13.3 Å². The molecular weight excluding hydrogens is 671 g/mol. The number of esters is 2. The summed E-state index contributed by atoms with van der Waals surface area (Å²) in [5, 5.41) is 4.17. The molecular formula is C32H52N4O7Sn. The third-order valence-electron chi connectivity index (χ3n) is 8.29. The van der Waals surface area contributed by atoms with Gasteiger partial charge in [0, 0.05) is 0 Å². The zero-order chi connectivity index (χ0) is 32.9. The number of rotatable bonds is 16. The summed E-state index contributed by atoms with van der Waals surface area (Å²) in [5.74, 6) is -1.34. The topological polar surface area (TPSA) is 140 Å². The molecule has 1 aromatic carbocycles. The van der Waals surface area contributed by atoms with E-state index in [0.29, 0.717) is 11.4 Å². The van der Waals surface area contributed by atoms with Gasteiger partial charge in [-0.2, -0.15) is 0 Å². The fraction of sp³-hybridized carbons (Fsp3) is 0.719. The predicted molar refractivity (Wildman–Crippen MR) is 173 cm³/mol. The first-order valence-corrected chi connectivity index (χ1v) is 23.4. The summed E-state index contributed by atoms with van der Waals surface area (Å²) in [6.45, 7) is 11.8. The molecule has 44 heavy (non-hydrogen) atoms. The minimum absolute atomic E-state index is 0.00290. The van der Waals surface area contributed by atoms with Crippen LogP contribution in [0.4, 0.5) is 10.5 Å². The Balaban J connectivity index is 2.76. The average Bonchev–Trinajstić information content (AvgIpc) is 3.33. The van der Waals surface area contributed by atoms with Crippen molar-refractivity contribution in [2.45, 2.75) is 118 Å². The molecule has 3 atom stereocenters. The number of ether oxygens (including phenoxy) is 4. The third kappa shape index (κ3) is 9.92. The number of likely N-dealkylation sites (tertiary alicyclic amines) is 1. The summed E-state index contributed by atoms with van der Waals surface area (Å²) >= 11 is -3.30. The van der Waals surface area contributed by atoms with E-state index in [-0.39, 0.29) is 13.0 Å². The second kappa shape index (κ2) is 17.7. The number of hydrogen-bond acceptors (Lipinski definition) is 8. The molecule has 246 valence electrons. The van der Waals surface area contributed by atoms with Gasteiger partial charge in [-0.05, 0) is 0 Å². The predicted octanol–water partition coefficient (Wildman–Crippen LogP) is 7.40. The van der Waals surface area contributed by atoms with Crippen molar-refractivity contribution in [2.75, 3.05) is 20.8 Å². The van der Waals surface area contributed by atoms with Gasteiger partial charge in [-0.15, -0.1) is 0 Å². The summed E-state index contributed by atoms with van der Waals surface area (Å²) in [4.78, 5) is 43.7. The van der Waals surface area contributed by atoms with Gasteiger partial charge >= 0.3 is 268 Å².